The van der Waals surface area contributed by atoms with Gasteiger partial charge in [-0.15, -0.1) is 0 Å². The number of H-pyrrole nitrogens is 1. The van der Waals surface area contributed by atoms with Gasteiger partial charge in [-0.05, 0) is 39.0 Å². The molecule has 0 atom stereocenters. The summed E-state index contributed by atoms with van der Waals surface area (Å²) in [5.41, 5.74) is 1.50. The average Bonchev–Trinajstić information content (AvgIpc) is 2.78. The lowest BCUT2D eigenvalue weighted by molar-refractivity contribution is 0.0240. The second kappa shape index (κ2) is 9.38. The maximum Gasteiger partial charge on any atom is 0.410 e. The molecule has 0 bridgehead atoms. The van der Waals surface area contributed by atoms with Gasteiger partial charge < -0.3 is 29.6 Å². The van der Waals surface area contributed by atoms with Crippen LogP contribution >= 0.6 is 11.6 Å². The number of rotatable bonds is 4. The largest absolute Gasteiger partial charge is 0.494 e. The summed E-state index contributed by atoms with van der Waals surface area (Å²) in [6.45, 7) is 8.04. The molecule has 1 aromatic carbocycles. The highest BCUT2D eigenvalue weighted by Crippen LogP contribution is 2.34. The Hall–Kier alpha value is -3.53. The molecule has 1 saturated heterocycles. The molecule has 2 aromatic heterocycles. The van der Waals surface area contributed by atoms with E-state index in [4.69, 9.17) is 21.1 Å². The van der Waals surface area contributed by atoms with E-state index in [-0.39, 0.29) is 22.5 Å². The molecule has 1 aliphatic heterocycles. The summed E-state index contributed by atoms with van der Waals surface area (Å²) < 4.78 is 11.1. The number of fused-ring (bicyclic) bond motifs is 1. The molecule has 0 spiro atoms. The first kappa shape index (κ1) is 23.6. The van der Waals surface area contributed by atoms with E-state index in [1.165, 1.54) is 6.33 Å². The minimum absolute atomic E-state index is 0.214. The van der Waals surface area contributed by atoms with Gasteiger partial charge in [0.2, 0.25) is 0 Å². The number of aromatic nitrogens is 3. The van der Waals surface area contributed by atoms with E-state index in [2.05, 4.69) is 25.2 Å². The zero-order valence-electron chi connectivity index (χ0n) is 19.5. The van der Waals surface area contributed by atoms with Crippen molar-refractivity contribution in [3.05, 3.63) is 46.1 Å². The number of pyridine rings is 1. The molecule has 1 aliphatic rings. The van der Waals surface area contributed by atoms with Gasteiger partial charge in [0.15, 0.2) is 5.65 Å². The fourth-order valence-electron chi connectivity index (χ4n) is 3.74. The number of ether oxygens (including phenoxy) is 2. The third-order valence-electron chi connectivity index (χ3n) is 5.33. The molecule has 1 amide bonds. The van der Waals surface area contributed by atoms with E-state index in [1.54, 1.807) is 18.1 Å². The lowest BCUT2D eigenvalue weighted by atomic mass is 10.2. The van der Waals surface area contributed by atoms with Crippen molar-refractivity contribution < 1.29 is 14.3 Å². The van der Waals surface area contributed by atoms with E-state index in [0.717, 1.165) is 5.69 Å². The number of amides is 1. The average molecular weight is 487 g/mol. The molecule has 0 radical (unpaired) electrons. The molecule has 34 heavy (non-hydrogen) atoms. The number of nitrogens with one attached hydrogen (secondary N) is 2. The minimum atomic E-state index is -0.518. The van der Waals surface area contributed by atoms with E-state index < -0.39 is 5.60 Å². The molecule has 11 heteroatoms. The number of hydrogen-bond acceptors (Lipinski definition) is 8. The molecule has 1 fully saturated rings. The van der Waals surface area contributed by atoms with Gasteiger partial charge in [0.25, 0.3) is 5.56 Å². The second-order valence-electron chi connectivity index (χ2n) is 8.89. The third-order valence-corrected chi connectivity index (χ3v) is 5.52. The smallest absolute Gasteiger partial charge is 0.410 e. The van der Waals surface area contributed by atoms with Crippen LogP contribution < -0.4 is 20.5 Å². The number of halogens is 1. The first-order valence-corrected chi connectivity index (χ1v) is 11.2. The molecule has 2 N–H and O–H groups in total. The summed E-state index contributed by atoms with van der Waals surface area (Å²) in [5, 5.41) is 3.74. The number of nitrogens with zero attached hydrogens (tertiary/aromatic N) is 4. The highest BCUT2D eigenvalue weighted by molar-refractivity contribution is 6.30. The SMILES string of the molecule is COc1cc(N2CCN(C(=O)OC(C)(C)C)CC2)ccc1Nc1cc(Cl)nc2nc[nH]c(=O)c12. The van der Waals surface area contributed by atoms with Crippen molar-refractivity contribution in [3.63, 3.8) is 0 Å². The summed E-state index contributed by atoms with van der Waals surface area (Å²) >= 11 is 6.13. The molecule has 4 rings (SSSR count). The molecule has 180 valence electrons. The number of hydrogen-bond donors (Lipinski definition) is 2. The molecular formula is C23H27ClN6O4. The summed E-state index contributed by atoms with van der Waals surface area (Å²) in [4.78, 5) is 39.4. The van der Waals surface area contributed by atoms with Crippen LogP contribution in [0.1, 0.15) is 20.8 Å². The highest BCUT2D eigenvalue weighted by atomic mass is 35.5. The zero-order chi connectivity index (χ0) is 24.5. The summed E-state index contributed by atoms with van der Waals surface area (Å²) in [5.74, 6) is 0.591. The number of carbonyl (C=O) groups is 1. The van der Waals surface area contributed by atoms with Crippen LogP contribution in [0.4, 0.5) is 21.9 Å². The molecule has 10 nitrogen and oxygen atoms in total. The topological polar surface area (TPSA) is 113 Å². The van der Waals surface area contributed by atoms with Crippen molar-refractivity contribution in [1.29, 1.82) is 0 Å². The van der Waals surface area contributed by atoms with Crippen molar-refractivity contribution in [2.45, 2.75) is 26.4 Å². The Morgan fingerprint density at radius 3 is 2.56 bits per heavy atom. The molecule has 3 heterocycles. The van der Waals surface area contributed by atoms with Gasteiger partial charge in [0.1, 0.15) is 21.9 Å². The number of methoxy groups -OCH3 is 1. The van der Waals surface area contributed by atoms with Crippen LogP contribution in [0.5, 0.6) is 5.75 Å². The van der Waals surface area contributed by atoms with Gasteiger partial charge in [-0.2, -0.15) is 0 Å². The Kier molecular flexibility index (Phi) is 6.52. The van der Waals surface area contributed by atoms with Crippen molar-refractivity contribution in [3.8, 4) is 5.75 Å². The molecule has 0 aliphatic carbocycles. The van der Waals surface area contributed by atoms with E-state index in [0.29, 0.717) is 48.7 Å². The maximum atomic E-state index is 12.4. The first-order valence-electron chi connectivity index (χ1n) is 10.9. The second-order valence-corrected chi connectivity index (χ2v) is 9.27. The monoisotopic (exact) mass is 486 g/mol. The Bertz CT molecular complexity index is 1260. The van der Waals surface area contributed by atoms with Crippen molar-refractivity contribution in [2.75, 3.05) is 43.5 Å². The van der Waals surface area contributed by atoms with Crippen LogP contribution in [0.2, 0.25) is 5.15 Å². The molecule has 0 unspecified atom stereocenters. The Balaban J connectivity index is 1.52. The Morgan fingerprint density at radius 1 is 1.15 bits per heavy atom. The van der Waals surface area contributed by atoms with Crippen molar-refractivity contribution in [1.82, 2.24) is 19.9 Å². The van der Waals surface area contributed by atoms with Crippen LogP contribution in [-0.2, 0) is 4.74 Å². The van der Waals surface area contributed by atoms with Crippen LogP contribution in [0.25, 0.3) is 11.0 Å². The van der Waals surface area contributed by atoms with Gasteiger partial charge in [-0.25, -0.2) is 14.8 Å². The van der Waals surface area contributed by atoms with Crippen molar-refractivity contribution >= 4 is 45.8 Å². The molecular weight excluding hydrogens is 460 g/mol. The fourth-order valence-corrected chi connectivity index (χ4v) is 3.93. The number of benzene rings is 1. The summed E-state index contributed by atoms with van der Waals surface area (Å²) in [6, 6.07) is 7.32. The first-order chi connectivity index (χ1) is 16.1. The lowest BCUT2D eigenvalue weighted by Crippen LogP contribution is -2.50. The number of anilines is 3. The number of aromatic amines is 1. The van der Waals surface area contributed by atoms with E-state index in [1.807, 2.05) is 39.0 Å². The fraction of sp³-hybridized carbons (Fsp3) is 0.391. The summed E-state index contributed by atoms with van der Waals surface area (Å²) in [7, 11) is 1.58. The predicted octanol–water partition coefficient (Wildman–Crippen LogP) is 3.78. The van der Waals surface area contributed by atoms with E-state index >= 15 is 0 Å². The normalized spacial score (nSPS) is 14.3. The Labute approximate surface area is 201 Å². The number of piperazine rings is 1. The molecule has 3 aromatic rings. The van der Waals surface area contributed by atoms with Crippen LogP contribution in [0.15, 0.2) is 35.4 Å². The van der Waals surface area contributed by atoms with Crippen LogP contribution in [0, 0.1) is 0 Å². The molecule has 0 saturated carbocycles. The summed E-state index contributed by atoms with van der Waals surface area (Å²) in [6.07, 6.45) is 0.993. The van der Waals surface area contributed by atoms with Gasteiger partial charge in [-0.3, -0.25) is 4.79 Å². The highest BCUT2D eigenvalue weighted by Gasteiger charge is 2.26. The maximum absolute atomic E-state index is 12.4. The minimum Gasteiger partial charge on any atom is -0.494 e. The van der Waals surface area contributed by atoms with Gasteiger partial charge in [-0.1, -0.05) is 11.6 Å². The zero-order valence-corrected chi connectivity index (χ0v) is 20.3. The van der Waals surface area contributed by atoms with Gasteiger partial charge in [0, 0.05) is 37.9 Å². The predicted molar refractivity (Wildman–Crippen MR) is 131 cm³/mol. The Morgan fingerprint density at radius 2 is 1.88 bits per heavy atom. The number of carbonyl (C=O) groups excluding carboxylic acids is 1. The van der Waals surface area contributed by atoms with Gasteiger partial charge >= 0.3 is 6.09 Å². The van der Waals surface area contributed by atoms with Crippen LogP contribution in [-0.4, -0.2) is 64.8 Å². The lowest BCUT2D eigenvalue weighted by Gasteiger charge is -2.37. The van der Waals surface area contributed by atoms with E-state index in [9.17, 15) is 9.59 Å². The quantitative estimate of drug-likeness (QED) is 0.536. The van der Waals surface area contributed by atoms with Crippen LogP contribution in [0.3, 0.4) is 0 Å². The standard InChI is InChI=1S/C23H27ClN6O4/c1-23(2,3)34-22(32)30-9-7-29(8-10-30)14-5-6-15(17(11-14)33-4)27-16-12-18(24)28-20-19(16)21(31)26-13-25-20/h5-6,11-13H,7-10H2,1-4H3,(H2,25,26,27,28,31). The third kappa shape index (κ3) is 5.17. The van der Waals surface area contributed by atoms with Gasteiger partial charge in [0.05, 0.1) is 24.8 Å². The van der Waals surface area contributed by atoms with Crippen molar-refractivity contribution in [2.24, 2.45) is 0 Å².